The standard InChI is InChI=1S/C23H36BClN4O4Si/c1-15-12-26-22(29-21(15)27-17-8-7-9-32-14-17)28-18-10-16(20(24(30)31)19(25)11-18)13-33-34(5,6)23(2,3)4/h10-12,17,30-31H,7-9,13-14H2,1-6H3,(H2,26,27,28,29)/t17-/m0/s1. The van der Waals surface area contributed by atoms with E-state index in [1.807, 2.05) is 6.92 Å². The van der Waals surface area contributed by atoms with Gasteiger partial charge in [-0.3, -0.25) is 0 Å². The summed E-state index contributed by atoms with van der Waals surface area (Å²) in [5, 5.41) is 26.8. The molecule has 34 heavy (non-hydrogen) atoms. The van der Waals surface area contributed by atoms with E-state index in [-0.39, 0.29) is 28.2 Å². The molecule has 0 radical (unpaired) electrons. The molecule has 3 rings (SSSR count). The molecular formula is C23H36BClN4O4Si. The monoisotopic (exact) mass is 506 g/mol. The Morgan fingerprint density at radius 2 is 2.03 bits per heavy atom. The SMILES string of the molecule is Cc1cnc(Nc2cc(Cl)c(B(O)O)c(CO[Si](C)(C)C(C)(C)C)c2)nc1N[C@H]1CCCOC1. The molecule has 4 N–H and O–H groups in total. The molecule has 1 aromatic carbocycles. The molecule has 1 saturated heterocycles. The highest BCUT2D eigenvalue weighted by molar-refractivity contribution is 6.74. The van der Waals surface area contributed by atoms with Crippen LogP contribution < -0.4 is 16.1 Å². The van der Waals surface area contributed by atoms with Gasteiger partial charge in [-0.2, -0.15) is 4.98 Å². The number of ether oxygens (including phenoxy) is 1. The molecule has 0 unspecified atom stereocenters. The van der Waals surface area contributed by atoms with Crippen LogP contribution in [0.2, 0.25) is 23.2 Å². The van der Waals surface area contributed by atoms with E-state index >= 15 is 0 Å². The van der Waals surface area contributed by atoms with Gasteiger partial charge in [0.15, 0.2) is 8.32 Å². The maximum absolute atomic E-state index is 9.94. The molecule has 0 bridgehead atoms. The molecule has 0 saturated carbocycles. The average molecular weight is 507 g/mol. The van der Waals surface area contributed by atoms with Crippen LogP contribution in [0.4, 0.5) is 17.5 Å². The van der Waals surface area contributed by atoms with Gasteiger partial charge >= 0.3 is 7.12 Å². The van der Waals surface area contributed by atoms with Gasteiger partial charge in [-0.1, -0.05) is 32.4 Å². The van der Waals surface area contributed by atoms with Crippen LogP contribution in [-0.2, 0) is 15.8 Å². The highest BCUT2D eigenvalue weighted by Crippen LogP contribution is 2.37. The second kappa shape index (κ2) is 10.9. The van der Waals surface area contributed by atoms with E-state index in [0.29, 0.717) is 23.8 Å². The van der Waals surface area contributed by atoms with Gasteiger partial charge in [0, 0.05) is 34.5 Å². The summed E-state index contributed by atoms with van der Waals surface area (Å²) < 4.78 is 11.9. The Morgan fingerprint density at radius 1 is 1.29 bits per heavy atom. The summed E-state index contributed by atoms with van der Waals surface area (Å²) in [5.41, 5.74) is 2.44. The quantitative estimate of drug-likeness (QED) is 0.398. The first-order valence-corrected chi connectivity index (χ1v) is 14.9. The molecule has 0 spiro atoms. The van der Waals surface area contributed by atoms with E-state index in [4.69, 9.17) is 20.8 Å². The second-order valence-electron chi connectivity index (χ2n) is 10.4. The third-order valence-electron chi connectivity index (χ3n) is 6.60. The van der Waals surface area contributed by atoms with Crippen molar-refractivity contribution in [2.24, 2.45) is 0 Å². The van der Waals surface area contributed by atoms with E-state index in [9.17, 15) is 10.0 Å². The zero-order valence-electron chi connectivity index (χ0n) is 20.9. The summed E-state index contributed by atoms with van der Waals surface area (Å²) in [6.07, 6.45) is 3.81. The van der Waals surface area contributed by atoms with Crippen LogP contribution in [0.3, 0.4) is 0 Å². The minimum Gasteiger partial charge on any atom is -0.423 e. The molecule has 11 heteroatoms. The Kier molecular flexibility index (Phi) is 8.65. The van der Waals surface area contributed by atoms with Gasteiger partial charge in [-0.05, 0) is 55.6 Å². The van der Waals surface area contributed by atoms with Crippen molar-refractivity contribution in [2.75, 3.05) is 23.8 Å². The molecule has 1 aliphatic rings. The first-order valence-electron chi connectivity index (χ1n) is 11.6. The molecule has 1 aromatic heterocycles. The molecule has 8 nitrogen and oxygen atoms in total. The van der Waals surface area contributed by atoms with Crippen LogP contribution in [-0.4, -0.2) is 54.7 Å². The van der Waals surface area contributed by atoms with Gasteiger partial charge in [-0.25, -0.2) is 4.98 Å². The minimum atomic E-state index is -2.06. The van der Waals surface area contributed by atoms with Crippen LogP contribution in [0.15, 0.2) is 18.3 Å². The van der Waals surface area contributed by atoms with Crippen molar-refractivity contribution in [3.63, 3.8) is 0 Å². The molecule has 2 heterocycles. The summed E-state index contributed by atoms with van der Waals surface area (Å²) in [6, 6.07) is 3.66. The lowest BCUT2D eigenvalue weighted by Gasteiger charge is -2.36. The summed E-state index contributed by atoms with van der Waals surface area (Å²) in [5.74, 6) is 1.16. The fourth-order valence-electron chi connectivity index (χ4n) is 3.46. The fraction of sp³-hybridized carbons (Fsp3) is 0.565. The molecule has 186 valence electrons. The third-order valence-corrected chi connectivity index (χ3v) is 11.4. The highest BCUT2D eigenvalue weighted by atomic mass is 35.5. The minimum absolute atomic E-state index is 0.0210. The predicted octanol–water partition coefficient (Wildman–Crippen LogP) is 3.97. The number of aromatic nitrogens is 2. The van der Waals surface area contributed by atoms with Gasteiger partial charge in [0.05, 0.1) is 19.3 Å². The van der Waals surface area contributed by atoms with Crippen molar-refractivity contribution >= 4 is 50.0 Å². The van der Waals surface area contributed by atoms with Gasteiger partial charge < -0.3 is 29.8 Å². The van der Waals surface area contributed by atoms with Crippen LogP contribution in [0.1, 0.15) is 44.7 Å². The summed E-state index contributed by atoms with van der Waals surface area (Å²) in [4.78, 5) is 9.04. The van der Waals surface area contributed by atoms with Crippen molar-refractivity contribution in [2.45, 2.75) is 71.3 Å². The number of nitrogens with zero attached hydrogens (tertiary/aromatic N) is 2. The third kappa shape index (κ3) is 6.71. The molecule has 1 aliphatic heterocycles. The Labute approximate surface area is 208 Å². The van der Waals surface area contributed by atoms with Crippen LogP contribution in [0.5, 0.6) is 0 Å². The smallest absolute Gasteiger partial charge is 0.423 e. The average Bonchev–Trinajstić information content (AvgIpc) is 2.74. The zero-order valence-corrected chi connectivity index (χ0v) is 22.7. The number of anilines is 3. The predicted molar refractivity (Wildman–Crippen MR) is 141 cm³/mol. The molecule has 1 atom stereocenters. The Morgan fingerprint density at radius 3 is 2.65 bits per heavy atom. The normalized spacial score (nSPS) is 16.9. The number of benzene rings is 1. The topological polar surface area (TPSA) is 109 Å². The zero-order chi connectivity index (χ0) is 25.1. The Hall–Kier alpha value is -1.69. The molecule has 0 amide bonds. The molecule has 2 aromatic rings. The number of halogens is 1. The number of rotatable bonds is 8. The molecular weight excluding hydrogens is 471 g/mol. The van der Waals surface area contributed by atoms with Crippen LogP contribution in [0, 0.1) is 6.92 Å². The maximum atomic E-state index is 9.94. The van der Waals surface area contributed by atoms with Crippen molar-refractivity contribution in [1.29, 1.82) is 0 Å². The number of aryl methyl sites for hydroxylation is 1. The van der Waals surface area contributed by atoms with E-state index in [2.05, 4.69) is 54.5 Å². The van der Waals surface area contributed by atoms with Gasteiger partial charge in [0.2, 0.25) is 5.95 Å². The van der Waals surface area contributed by atoms with Crippen LogP contribution in [0.25, 0.3) is 0 Å². The van der Waals surface area contributed by atoms with E-state index < -0.39 is 15.4 Å². The summed E-state index contributed by atoms with van der Waals surface area (Å²) >= 11 is 6.45. The van der Waals surface area contributed by atoms with Gasteiger partial charge in [-0.15, -0.1) is 0 Å². The second-order valence-corrected chi connectivity index (χ2v) is 15.6. The number of nitrogens with one attached hydrogen (secondary N) is 2. The molecule has 0 aliphatic carbocycles. The first kappa shape index (κ1) is 26.9. The van der Waals surface area contributed by atoms with Crippen molar-refractivity contribution < 1.29 is 19.2 Å². The van der Waals surface area contributed by atoms with E-state index in [0.717, 1.165) is 30.8 Å². The van der Waals surface area contributed by atoms with Gasteiger partial charge in [0.25, 0.3) is 0 Å². The molecule has 1 fully saturated rings. The van der Waals surface area contributed by atoms with Gasteiger partial charge in [0.1, 0.15) is 5.82 Å². The summed E-state index contributed by atoms with van der Waals surface area (Å²) in [6.45, 7) is 14.4. The Balaban J connectivity index is 1.84. The lowest BCUT2D eigenvalue weighted by molar-refractivity contribution is 0.0875. The number of hydrogen-bond donors (Lipinski definition) is 4. The highest BCUT2D eigenvalue weighted by Gasteiger charge is 2.37. The van der Waals surface area contributed by atoms with Crippen molar-refractivity contribution in [1.82, 2.24) is 9.97 Å². The largest absolute Gasteiger partial charge is 0.490 e. The number of hydrogen-bond acceptors (Lipinski definition) is 8. The maximum Gasteiger partial charge on any atom is 0.490 e. The lowest BCUT2D eigenvalue weighted by atomic mass is 9.77. The fourth-order valence-corrected chi connectivity index (χ4v) is 4.74. The first-order chi connectivity index (χ1) is 15.9. The van der Waals surface area contributed by atoms with Crippen molar-refractivity contribution in [3.8, 4) is 0 Å². The van der Waals surface area contributed by atoms with Crippen molar-refractivity contribution in [3.05, 3.63) is 34.5 Å². The lowest BCUT2D eigenvalue weighted by Crippen LogP contribution is -2.42. The summed E-state index contributed by atoms with van der Waals surface area (Å²) in [7, 11) is -3.76. The Bertz CT molecular complexity index is 998. The van der Waals surface area contributed by atoms with E-state index in [1.54, 1.807) is 18.3 Å². The van der Waals surface area contributed by atoms with Crippen LogP contribution >= 0.6 is 11.6 Å². The van der Waals surface area contributed by atoms with E-state index in [1.165, 1.54) is 0 Å².